The van der Waals surface area contributed by atoms with Gasteiger partial charge >= 0.3 is 5.97 Å². The van der Waals surface area contributed by atoms with Crippen LogP contribution in [0.3, 0.4) is 0 Å². The van der Waals surface area contributed by atoms with Crippen molar-refractivity contribution in [2.45, 2.75) is 86.7 Å². The molecule has 2 N–H and O–H groups in total. The van der Waals surface area contributed by atoms with Gasteiger partial charge in [-0.15, -0.1) is 13.2 Å². The van der Waals surface area contributed by atoms with Crippen LogP contribution in [0.2, 0.25) is 0 Å². The molecule has 0 saturated carbocycles. The number of allylic oxidation sites excluding steroid dienone is 1. The van der Waals surface area contributed by atoms with E-state index in [1.807, 2.05) is 67.6 Å². The molecule has 50 heavy (non-hydrogen) atoms. The fraction of sp³-hybridized carbons (Fsp3) is 0.487. The standard InChI is InChI=1S/C39H48BrN3O7/c1-5-8-20-31(45)49-24-29(26-16-11-9-12-17-26)41-36(46)32-33-37(47)43(30(23-44)27-18-13-10-14-19-27)35(39(33)22-28(40)34(32)50-39)38(48)42(21-7-3)25(4)15-6-2/h5,7,9-14,16-19,25,28-30,32-35,44H,1,3,6,8,15,20-24H2,2,4H3,(H,41,46)/t25?,28?,29-,30+,32+,33-,34+,35+,39-/m0/s1. The summed E-state index contributed by atoms with van der Waals surface area (Å²) < 4.78 is 12.3. The van der Waals surface area contributed by atoms with E-state index >= 15 is 0 Å². The van der Waals surface area contributed by atoms with Gasteiger partial charge in [0.05, 0.1) is 36.6 Å². The molecule has 5 rings (SSSR count). The molecule has 2 unspecified atom stereocenters. The van der Waals surface area contributed by atoms with Crippen molar-refractivity contribution in [1.29, 1.82) is 0 Å². The Morgan fingerprint density at radius 3 is 2.38 bits per heavy atom. The number of hydrogen-bond acceptors (Lipinski definition) is 7. The second kappa shape index (κ2) is 16.5. The molecule has 268 valence electrons. The molecular weight excluding hydrogens is 702 g/mol. The van der Waals surface area contributed by atoms with Crippen molar-refractivity contribution < 1.29 is 33.8 Å². The fourth-order valence-electron chi connectivity index (χ4n) is 8.01. The number of aliphatic hydroxyl groups is 1. The van der Waals surface area contributed by atoms with Gasteiger partial charge in [-0.1, -0.05) is 102 Å². The van der Waals surface area contributed by atoms with Crippen LogP contribution in [-0.4, -0.2) is 87.0 Å². The third-order valence-corrected chi connectivity index (χ3v) is 11.1. The Morgan fingerprint density at radius 1 is 1.12 bits per heavy atom. The zero-order chi connectivity index (χ0) is 36.0. The highest BCUT2D eigenvalue weighted by Gasteiger charge is 2.77. The lowest BCUT2D eigenvalue weighted by Gasteiger charge is -2.41. The molecule has 1 spiro atoms. The molecule has 3 amide bonds. The molecule has 0 radical (unpaired) electrons. The van der Waals surface area contributed by atoms with Crippen LogP contribution in [0.15, 0.2) is 86.0 Å². The number of fused-ring (bicyclic) bond motifs is 1. The molecular formula is C39H48BrN3O7. The van der Waals surface area contributed by atoms with Crippen molar-refractivity contribution in [2.75, 3.05) is 19.8 Å². The van der Waals surface area contributed by atoms with Crippen LogP contribution in [0.25, 0.3) is 0 Å². The van der Waals surface area contributed by atoms with Crippen molar-refractivity contribution >= 4 is 39.6 Å². The topological polar surface area (TPSA) is 125 Å². The fourth-order valence-corrected chi connectivity index (χ4v) is 8.95. The van der Waals surface area contributed by atoms with Crippen LogP contribution in [0.4, 0.5) is 0 Å². The SMILES string of the molecule is C=CCCC(=O)OC[C@H](NC(=O)[C@H]1[C@@H]2O[C@@]3(CC2Br)[C@@H]1C(=O)N([C@H](CO)c1ccccc1)[C@@H]3C(=O)N(CC=C)C(C)CCC)c1ccccc1. The number of hydrogen-bond donors (Lipinski definition) is 2. The van der Waals surface area contributed by atoms with E-state index in [0.717, 1.165) is 18.4 Å². The summed E-state index contributed by atoms with van der Waals surface area (Å²) in [5.41, 5.74) is 0.0678. The maximum atomic E-state index is 14.9. The molecule has 3 fully saturated rings. The number of likely N-dealkylation sites (tertiary alicyclic amines) is 1. The van der Waals surface area contributed by atoms with Gasteiger partial charge in [0, 0.05) is 23.8 Å². The Bertz CT molecular complexity index is 1540. The summed E-state index contributed by atoms with van der Waals surface area (Å²) in [4.78, 5) is 59.6. The number of benzene rings is 2. The minimum absolute atomic E-state index is 0.106. The number of carbonyl (C=O) groups is 4. The van der Waals surface area contributed by atoms with E-state index in [1.54, 1.807) is 17.1 Å². The molecule has 2 bridgehead atoms. The minimum atomic E-state index is -1.33. The van der Waals surface area contributed by atoms with E-state index in [4.69, 9.17) is 9.47 Å². The number of carbonyl (C=O) groups excluding carboxylic acids is 4. The van der Waals surface area contributed by atoms with Gasteiger partial charge in [-0.2, -0.15) is 0 Å². The lowest BCUT2D eigenvalue weighted by Crippen LogP contribution is -2.59. The average molecular weight is 751 g/mol. The molecule has 2 aromatic carbocycles. The third-order valence-electron chi connectivity index (χ3n) is 10.3. The van der Waals surface area contributed by atoms with Crippen molar-refractivity contribution in [1.82, 2.24) is 15.1 Å². The largest absolute Gasteiger partial charge is 0.463 e. The van der Waals surface area contributed by atoms with Crippen molar-refractivity contribution in [3.8, 4) is 0 Å². The van der Waals surface area contributed by atoms with Crippen molar-refractivity contribution in [3.05, 3.63) is 97.1 Å². The first-order chi connectivity index (χ1) is 24.1. The summed E-state index contributed by atoms with van der Waals surface area (Å²) in [6.07, 6.45) is 5.17. The molecule has 3 saturated heterocycles. The zero-order valence-corrected chi connectivity index (χ0v) is 30.4. The second-order valence-corrected chi connectivity index (χ2v) is 14.6. The maximum absolute atomic E-state index is 14.9. The molecule has 0 aromatic heterocycles. The maximum Gasteiger partial charge on any atom is 0.306 e. The monoisotopic (exact) mass is 749 g/mol. The summed E-state index contributed by atoms with van der Waals surface area (Å²) in [5, 5.41) is 13.9. The van der Waals surface area contributed by atoms with Crippen LogP contribution >= 0.6 is 15.9 Å². The first-order valence-corrected chi connectivity index (χ1v) is 18.4. The number of halogens is 1. The molecule has 11 heteroatoms. The smallest absolute Gasteiger partial charge is 0.306 e. The Kier molecular flexibility index (Phi) is 12.3. The van der Waals surface area contributed by atoms with Gasteiger partial charge in [0.25, 0.3) is 0 Å². The molecule has 3 aliphatic heterocycles. The highest BCUT2D eigenvalue weighted by molar-refractivity contribution is 9.09. The molecule has 3 aliphatic rings. The summed E-state index contributed by atoms with van der Waals surface area (Å²) in [7, 11) is 0. The van der Waals surface area contributed by atoms with E-state index in [0.29, 0.717) is 18.4 Å². The second-order valence-electron chi connectivity index (χ2n) is 13.4. The number of rotatable bonds is 17. The normalized spacial score (nSPS) is 26.8. The predicted molar refractivity (Wildman–Crippen MR) is 193 cm³/mol. The number of aliphatic hydroxyl groups excluding tert-OH is 1. The van der Waals surface area contributed by atoms with Crippen LogP contribution < -0.4 is 5.32 Å². The number of alkyl halides is 1. The molecule has 2 aromatic rings. The van der Waals surface area contributed by atoms with Crippen LogP contribution in [0.1, 0.15) is 69.2 Å². The lowest BCUT2D eigenvalue weighted by molar-refractivity contribution is -0.152. The quantitative estimate of drug-likeness (QED) is 0.132. The Labute approximate surface area is 303 Å². The molecule has 10 nitrogen and oxygen atoms in total. The van der Waals surface area contributed by atoms with E-state index in [2.05, 4.69) is 41.3 Å². The number of ether oxygens (including phenoxy) is 2. The van der Waals surface area contributed by atoms with E-state index in [-0.39, 0.29) is 36.3 Å². The summed E-state index contributed by atoms with van der Waals surface area (Å²) in [5.74, 6) is -3.52. The minimum Gasteiger partial charge on any atom is -0.463 e. The van der Waals surface area contributed by atoms with Gasteiger partial charge < -0.3 is 29.7 Å². The summed E-state index contributed by atoms with van der Waals surface area (Å²) in [6.45, 7) is 11.3. The van der Waals surface area contributed by atoms with Gasteiger partial charge in [0.15, 0.2) is 0 Å². The van der Waals surface area contributed by atoms with Gasteiger partial charge in [-0.05, 0) is 37.3 Å². The van der Waals surface area contributed by atoms with E-state index in [9.17, 15) is 24.3 Å². The highest BCUT2D eigenvalue weighted by Crippen LogP contribution is 2.61. The number of nitrogens with zero attached hydrogens (tertiary/aromatic N) is 2. The number of amides is 3. The number of nitrogens with one attached hydrogen (secondary N) is 1. The highest BCUT2D eigenvalue weighted by atomic mass is 79.9. The van der Waals surface area contributed by atoms with Gasteiger partial charge in [-0.3, -0.25) is 19.2 Å². The molecule has 3 heterocycles. The van der Waals surface area contributed by atoms with Crippen molar-refractivity contribution in [3.63, 3.8) is 0 Å². The first kappa shape index (κ1) is 37.5. The molecule has 0 aliphatic carbocycles. The van der Waals surface area contributed by atoms with Gasteiger partial charge in [0.1, 0.15) is 18.2 Å². The van der Waals surface area contributed by atoms with Crippen molar-refractivity contribution in [2.24, 2.45) is 11.8 Å². The van der Waals surface area contributed by atoms with Crippen LogP contribution in [0.5, 0.6) is 0 Å². The van der Waals surface area contributed by atoms with E-state index in [1.165, 1.54) is 4.90 Å². The Balaban J connectivity index is 1.54. The van der Waals surface area contributed by atoms with E-state index < -0.39 is 66.1 Å². The van der Waals surface area contributed by atoms with Gasteiger partial charge in [-0.25, -0.2) is 0 Å². The van der Waals surface area contributed by atoms with Crippen LogP contribution in [0, 0.1) is 11.8 Å². The Hall–Kier alpha value is -3.80. The predicted octanol–water partition coefficient (Wildman–Crippen LogP) is 5.04. The lowest BCUT2D eigenvalue weighted by atomic mass is 9.70. The van der Waals surface area contributed by atoms with Gasteiger partial charge in [0.2, 0.25) is 17.7 Å². The number of esters is 1. The summed E-state index contributed by atoms with van der Waals surface area (Å²) in [6, 6.07) is 15.5. The summed E-state index contributed by atoms with van der Waals surface area (Å²) >= 11 is 3.75. The third kappa shape index (κ3) is 7.18. The Morgan fingerprint density at radius 2 is 1.78 bits per heavy atom. The molecule has 9 atom stereocenters. The van der Waals surface area contributed by atoms with Crippen LogP contribution in [-0.2, 0) is 28.7 Å². The average Bonchev–Trinajstić information content (AvgIpc) is 3.72. The zero-order valence-electron chi connectivity index (χ0n) is 28.8. The first-order valence-electron chi connectivity index (χ1n) is 17.5.